The van der Waals surface area contributed by atoms with E-state index in [-0.39, 0.29) is 17.7 Å². The molecule has 2 aromatic rings. The van der Waals surface area contributed by atoms with Gasteiger partial charge in [-0.2, -0.15) is 0 Å². The zero-order valence-electron chi connectivity index (χ0n) is 11.1. The molecule has 100 valence electrons. The molecule has 0 amide bonds. The van der Waals surface area contributed by atoms with Gasteiger partial charge < -0.3 is 5.32 Å². The summed E-state index contributed by atoms with van der Waals surface area (Å²) in [4.78, 5) is 0. The Balaban J connectivity index is 2.03. The van der Waals surface area contributed by atoms with Crippen molar-refractivity contribution in [3.63, 3.8) is 0 Å². The van der Waals surface area contributed by atoms with E-state index in [4.69, 9.17) is 0 Å². The SMILES string of the molecule is Cc1ccc(NC(C)Cc2cccc(F)c2)c(F)c1. The average Bonchev–Trinajstić information content (AvgIpc) is 2.33. The van der Waals surface area contributed by atoms with Gasteiger partial charge in [0.1, 0.15) is 11.6 Å². The zero-order valence-corrected chi connectivity index (χ0v) is 11.1. The van der Waals surface area contributed by atoms with Gasteiger partial charge in [-0.1, -0.05) is 18.2 Å². The van der Waals surface area contributed by atoms with Crippen molar-refractivity contribution in [2.75, 3.05) is 5.32 Å². The quantitative estimate of drug-likeness (QED) is 0.864. The maximum absolute atomic E-state index is 13.7. The van der Waals surface area contributed by atoms with E-state index in [0.29, 0.717) is 12.1 Å². The van der Waals surface area contributed by atoms with Crippen molar-refractivity contribution >= 4 is 5.69 Å². The number of benzene rings is 2. The minimum absolute atomic E-state index is 0.0269. The lowest BCUT2D eigenvalue weighted by Crippen LogP contribution is -2.19. The van der Waals surface area contributed by atoms with Crippen molar-refractivity contribution < 1.29 is 8.78 Å². The van der Waals surface area contributed by atoms with E-state index in [1.54, 1.807) is 12.1 Å². The second-order valence-electron chi connectivity index (χ2n) is 4.86. The minimum atomic E-state index is -0.258. The van der Waals surface area contributed by atoms with Crippen LogP contribution in [0.1, 0.15) is 18.1 Å². The summed E-state index contributed by atoms with van der Waals surface area (Å²) in [7, 11) is 0. The number of aryl methyl sites for hydroxylation is 1. The lowest BCUT2D eigenvalue weighted by molar-refractivity contribution is 0.619. The molecule has 0 spiro atoms. The molecule has 0 saturated heterocycles. The monoisotopic (exact) mass is 261 g/mol. The van der Waals surface area contributed by atoms with Crippen LogP contribution in [-0.2, 0) is 6.42 Å². The van der Waals surface area contributed by atoms with E-state index < -0.39 is 0 Å². The van der Waals surface area contributed by atoms with E-state index >= 15 is 0 Å². The summed E-state index contributed by atoms with van der Waals surface area (Å²) in [5.41, 5.74) is 2.27. The van der Waals surface area contributed by atoms with Crippen LogP contribution in [0.3, 0.4) is 0 Å². The van der Waals surface area contributed by atoms with Crippen molar-refractivity contribution in [1.82, 2.24) is 0 Å². The number of rotatable bonds is 4. The Morgan fingerprint density at radius 3 is 2.58 bits per heavy atom. The molecule has 3 heteroatoms. The highest BCUT2D eigenvalue weighted by Gasteiger charge is 2.08. The number of halogens is 2. The zero-order chi connectivity index (χ0) is 13.8. The lowest BCUT2D eigenvalue weighted by atomic mass is 10.1. The Morgan fingerprint density at radius 1 is 1.11 bits per heavy atom. The van der Waals surface area contributed by atoms with Gasteiger partial charge in [0, 0.05) is 6.04 Å². The van der Waals surface area contributed by atoms with E-state index in [0.717, 1.165) is 11.1 Å². The third kappa shape index (κ3) is 3.78. The first-order valence-electron chi connectivity index (χ1n) is 6.32. The number of anilines is 1. The van der Waals surface area contributed by atoms with Crippen LogP contribution in [0.15, 0.2) is 42.5 Å². The Kier molecular flexibility index (Phi) is 4.15. The van der Waals surface area contributed by atoms with Gasteiger partial charge in [0.05, 0.1) is 5.69 Å². The number of hydrogen-bond donors (Lipinski definition) is 1. The third-order valence-corrected chi connectivity index (χ3v) is 2.96. The maximum Gasteiger partial charge on any atom is 0.146 e. The summed E-state index contributed by atoms with van der Waals surface area (Å²) in [5.74, 6) is -0.502. The maximum atomic E-state index is 13.7. The lowest BCUT2D eigenvalue weighted by Gasteiger charge is -2.16. The van der Waals surface area contributed by atoms with E-state index in [1.165, 1.54) is 18.2 Å². The van der Waals surface area contributed by atoms with Gasteiger partial charge in [-0.05, 0) is 55.7 Å². The van der Waals surface area contributed by atoms with Crippen LogP contribution in [0.2, 0.25) is 0 Å². The fourth-order valence-corrected chi connectivity index (χ4v) is 2.07. The van der Waals surface area contributed by atoms with Crippen LogP contribution in [0, 0.1) is 18.6 Å². The van der Waals surface area contributed by atoms with Crippen LogP contribution in [-0.4, -0.2) is 6.04 Å². The van der Waals surface area contributed by atoms with Crippen molar-refractivity contribution in [1.29, 1.82) is 0 Å². The minimum Gasteiger partial charge on any atom is -0.380 e. The molecule has 1 nitrogen and oxygen atoms in total. The fourth-order valence-electron chi connectivity index (χ4n) is 2.07. The van der Waals surface area contributed by atoms with Gasteiger partial charge in [-0.3, -0.25) is 0 Å². The summed E-state index contributed by atoms with van der Waals surface area (Å²) < 4.78 is 26.8. The highest BCUT2D eigenvalue weighted by molar-refractivity contribution is 5.47. The topological polar surface area (TPSA) is 12.0 Å². The summed E-state index contributed by atoms with van der Waals surface area (Å²) in [6.07, 6.45) is 0.644. The predicted octanol–water partition coefficient (Wildman–Crippen LogP) is 4.32. The Bertz CT molecular complexity index is 566. The van der Waals surface area contributed by atoms with E-state index in [1.807, 2.05) is 26.0 Å². The first kappa shape index (κ1) is 13.5. The molecule has 2 rings (SSSR count). The van der Waals surface area contributed by atoms with Crippen LogP contribution in [0.4, 0.5) is 14.5 Å². The highest BCUT2D eigenvalue weighted by atomic mass is 19.1. The van der Waals surface area contributed by atoms with Crippen LogP contribution in [0.25, 0.3) is 0 Å². The Hall–Kier alpha value is -1.90. The summed E-state index contributed by atoms with van der Waals surface area (Å²) in [5, 5.41) is 3.11. The molecule has 0 aromatic heterocycles. The average molecular weight is 261 g/mol. The molecule has 0 bridgehead atoms. The summed E-state index contributed by atoms with van der Waals surface area (Å²) in [6, 6.07) is 11.6. The highest BCUT2D eigenvalue weighted by Crippen LogP contribution is 2.17. The largest absolute Gasteiger partial charge is 0.380 e. The first-order chi connectivity index (χ1) is 9.04. The van der Waals surface area contributed by atoms with Gasteiger partial charge in [0.15, 0.2) is 0 Å². The molecule has 0 saturated carbocycles. The van der Waals surface area contributed by atoms with Crippen LogP contribution in [0.5, 0.6) is 0 Å². The molecule has 1 atom stereocenters. The molecule has 0 fully saturated rings. The fraction of sp³-hybridized carbons (Fsp3) is 0.250. The second kappa shape index (κ2) is 5.83. The molecule has 2 aromatic carbocycles. The molecule has 0 aliphatic rings. The van der Waals surface area contributed by atoms with Crippen molar-refractivity contribution in [2.24, 2.45) is 0 Å². The van der Waals surface area contributed by atoms with Crippen molar-refractivity contribution in [2.45, 2.75) is 26.3 Å². The Labute approximate surface area is 112 Å². The second-order valence-corrected chi connectivity index (χ2v) is 4.86. The number of hydrogen-bond acceptors (Lipinski definition) is 1. The predicted molar refractivity (Wildman–Crippen MR) is 74.3 cm³/mol. The number of nitrogens with one attached hydrogen (secondary N) is 1. The molecule has 19 heavy (non-hydrogen) atoms. The molecule has 1 N–H and O–H groups in total. The Morgan fingerprint density at radius 2 is 1.89 bits per heavy atom. The molecule has 0 aliphatic carbocycles. The molecular formula is C16H17F2N. The van der Waals surface area contributed by atoms with Gasteiger partial charge in [0.25, 0.3) is 0 Å². The van der Waals surface area contributed by atoms with Crippen LogP contribution >= 0.6 is 0 Å². The van der Waals surface area contributed by atoms with Crippen LogP contribution < -0.4 is 5.32 Å². The molecule has 1 unspecified atom stereocenters. The first-order valence-corrected chi connectivity index (χ1v) is 6.32. The van der Waals surface area contributed by atoms with Crippen molar-refractivity contribution in [3.05, 3.63) is 65.2 Å². The van der Waals surface area contributed by atoms with Gasteiger partial charge in [0.2, 0.25) is 0 Å². The van der Waals surface area contributed by atoms with E-state index in [2.05, 4.69) is 5.32 Å². The van der Waals surface area contributed by atoms with Crippen molar-refractivity contribution in [3.8, 4) is 0 Å². The summed E-state index contributed by atoms with van der Waals surface area (Å²) >= 11 is 0. The van der Waals surface area contributed by atoms with Gasteiger partial charge in [-0.15, -0.1) is 0 Å². The summed E-state index contributed by atoms with van der Waals surface area (Å²) in [6.45, 7) is 3.80. The molecule has 0 radical (unpaired) electrons. The molecule has 0 aliphatic heterocycles. The standard InChI is InChI=1S/C16H17F2N/c1-11-6-7-16(15(18)8-11)19-12(2)9-13-4-3-5-14(17)10-13/h3-8,10,12,19H,9H2,1-2H3. The molecule has 0 heterocycles. The van der Waals surface area contributed by atoms with Gasteiger partial charge >= 0.3 is 0 Å². The van der Waals surface area contributed by atoms with Gasteiger partial charge in [-0.25, -0.2) is 8.78 Å². The third-order valence-electron chi connectivity index (χ3n) is 2.96. The molecular weight excluding hydrogens is 244 g/mol. The normalized spacial score (nSPS) is 12.2. The smallest absolute Gasteiger partial charge is 0.146 e. The van der Waals surface area contributed by atoms with E-state index in [9.17, 15) is 8.78 Å².